The zero-order valence-corrected chi connectivity index (χ0v) is 16.8. The lowest BCUT2D eigenvalue weighted by Gasteiger charge is -2.16. The second kappa shape index (κ2) is 8.32. The monoisotopic (exact) mass is 405 g/mol. The van der Waals surface area contributed by atoms with Crippen LogP contribution in [-0.4, -0.2) is 17.8 Å². The van der Waals surface area contributed by atoms with E-state index in [1.54, 1.807) is 30.3 Å². The largest absolute Gasteiger partial charge is 0.487 e. The van der Waals surface area contributed by atoms with E-state index in [1.165, 1.54) is 6.92 Å². The predicted molar refractivity (Wildman–Crippen MR) is 108 cm³/mol. The highest BCUT2D eigenvalue weighted by atomic mass is 35.5. The van der Waals surface area contributed by atoms with E-state index >= 15 is 0 Å². The molecule has 142 valence electrons. The van der Waals surface area contributed by atoms with Gasteiger partial charge in [0.05, 0.1) is 16.1 Å². The lowest BCUT2D eigenvalue weighted by molar-refractivity contribution is 0.101. The Morgan fingerprint density at radius 2 is 1.70 bits per heavy atom. The molecule has 0 aliphatic heterocycles. The molecule has 0 radical (unpaired) electrons. The van der Waals surface area contributed by atoms with Gasteiger partial charge in [-0.05, 0) is 75.4 Å². The third-order valence-corrected chi connectivity index (χ3v) is 5.27. The van der Waals surface area contributed by atoms with Crippen molar-refractivity contribution in [2.75, 3.05) is 5.32 Å². The Balaban J connectivity index is 1.76. The van der Waals surface area contributed by atoms with E-state index in [4.69, 9.17) is 27.9 Å². The van der Waals surface area contributed by atoms with Crippen LogP contribution in [0, 0.1) is 6.92 Å². The first-order valence-electron chi connectivity index (χ1n) is 8.94. The van der Waals surface area contributed by atoms with Crippen molar-refractivity contribution in [1.29, 1.82) is 0 Å². The number of carbonyl (C=O) groups excluding carboxylic acids is 2. The Hall–Kier alpha value is -2.04. The Morgan fingerprint density at radius 3 is 2.26 bits per heavy atom. The third-order valence-electron chi connectivity index (χ3n) is 4.71. The topological polar surface area (TPSA) is 55.4 Å². The molecule has 2 aromatic rings. The van der Waals surface area contributed by atoms with Gasteiger partial charge in [0.25, 0.3) is 5.91 Å². The van der Waals surface area contributed by atoms with Crippen LogP contribution in [0.1, 0.15) is 58.9 Å². The second-order valence-corrected chi connectivity index (χ2v) is 7.65. The maximum atomic E-state index is 12.6. The van der Waals surface area contributed by atoms with Crippen molar-refractivity contribution in [3.8, 4) is 5.75 Å². The highest BCUT2D eigenvalue weighted by Gasteiger charge is 2.21. The van der Waals surface area contributed by atoms with Crippen LogP contribution >= 0.6 is 23.2 Å². The number of hydrogen-bond acceptors (Lipinski definition) is 3. The quantitative estimate of drug-likeness (QED) is 0.613. The van der Waals surface area contributed by atoms with Gasteiger partial charge >= 0.3 is 0 Å². The van der Waals surface area contributed by atoms with Gasteiger partial charge in [0.2, 0.25) is 0 Å². The maximum absolute atomic E-state index is 12.6. The molecule has 0 saturated heterocycles. The summed E-state index contributed by atoms with van der Waals surface area (Å²) in [5.41, 5.74) is 2.38. The molecule has 0 heterocycles. The molecule has 27 heavy (non-hydrogen) atoms. The standard InChI is InChI=1S/C21H21Cl2NO3/c1-12-9-15(7-8-17(12)13(2)25)24-21(26)14-10-18(22)20(19(23)11-14)27-16-5-3-4-6-16/h7-11,16H,3-6H2,1-2H3,(H,24,26). The van der Waals surface area contributed by atoms with E-state index < -0.39 is 0 Å². The van der Waals surface area contributed by atoms with Crippen LogP contribution < -0.4 is 10.1 Å². The van der Waals surface area contributed by atoms with Crippen LogP contribution in [0.5, 0.6) is 5.75 Å². The molecule has 3 rings (SSSR count). The van der Waals surface area contributed by atoms with Gasteiger partial charge in [-0.15, -0.1) is 0 Å². The molecule has 1 saturated carbocycles. The van der Waals surface area contributed by atoms with Crippen molar-refractivity contribution in [2.24, 2.45) is 0 Å². The van der Waals surface area contributed by atoms with E-state index in [-0.39, 0.29) is 17.8 Å². The Bertz CT molecular complexity index is 866. The summed E-state index contributed by atoms with van der Waals surface area (Å²) in [4.78, 5) is 24.1. The molecule has 0 bridgehead atoms. The van der Waals surface area contributed by atoms with E-state index in [1.807, 2.05) is 6.92 Å². The molecule has 1 N–H and O–H groups in total. The molecule has 1 amide bonds. The lowest BCUT2D eigenvalue weighted by Crippen LogP contribution is -2.14. The molecular weight excluding hydrogens is 385 g/mol. The summed E-state index contributed by atoms with van der Waals surface area (Å²) in [7, 11) is 0. The number of anilines is 1. The van der Waals surface area contributed by atoms with Gasteiger partial charge < -0.3 is 10.1 Å². The smallest absolute Gasteiger partial charge is 0.255 e. The maximum Gasteiger partial charge on any atom is 0.255 e. The van der Waals surface area contributed by atoms with Crippen molar-refractivity contribution in [1.82, 2.24) is 0 Å². The van der Waals surface area contributed by atoms with Gasteiger partial charge in [-0.2, -0.15) is 0 Å². The number of rotatable bonds is 5. The molecule has 2 aromatic carbocycles. The van der Waals surface area contributed by atoms with E-state index in [0.717, 1.165) is 31.2 Å². The van der Waals surface area contributed by atoms with Crippen LogP contribution in [0.25, 0.3) is 0 Å². The summed E-state index contributed by atoms with van der Waals surface area (Å²) in [6.07, 6.45) is 4.39. The average molecular weight is 406 g/mol. The number of hydrogen-bond donors (Lipinski definition) is 1. The zero-order valence-electron chi connectivity index (χ0n) is 15.3. The molecular formula is C21H21Cl2NO3. The van der Waals surface area contributed by atoms with Crippen molar-refractivity contribution in [3.63, 3.8) is 0 Å². The first-order valence-corrected chi connectivity index (χ1v) is 9.69. The third kappa shape index (κ3) is 4.63. The Morgan fingerprint density at radius 1 is 1.07 bits per heavy atom. The van der Waals surface area contributed by atoms with E-state index in [9.17, 15) is 9.59 Å². The minimum absolute atomic E-state index is 0.0122. The van der Waals surface area contributed by atoms with Crippen LogP contribution in [0.15, 0.2) is 30.3 Å². The van der Waals surface area contributed by atoms with Gasteiger partial charge in [0.1, 0.15) is 0 Å². The van der Waals surface area contributed by atoms with Crippen molar-refractivity contribution >= 4 is 40.6 Å². The molecule has 6 heteroatoms. The lowest BCUT2D eigenvalue weighted by atomic mass is 10.0. The van der Waals surface area contributed by atoms with Crippen LogP contribution in [-0.2, 0) is 0 Å². The normalized spacial score (nSPS) is 14.2. The van der Waals surface area contributed by atoms with Gasteiger partial charge in [-0.25, -0.2) is 0 Å². The summed E-state index contributed by atoms with van der Waals surface area (Å²) in [5, 5.41) is 3.45. The molecule has 4 nitrogen and oxygen atoms in total. The predicted octanol–water partition coefficient (Wildman–Crippen LogP) is 6.08. The highest BCUT2D eigenvalue weighted by Crippen LogP contribution is 2.37. The molecule has 1 aliphatic rings. The fraction of sp³-hybridized carbons (Fsp3) is 0.333. The zero-order chi connectivity index (χ0) is 19.6. The minimum atomic E-state index is -0.332. The first-order chi connectivity index (χ1) is 12.8. The fourth-order valence-corrected chi connectivity index (χ4v) is 3.89. The molecule has 1 aliphatic carbocycles. The van der Waals surface area contributed by atoms with Crippen molar-refractivity contribution in [3.05, 3.63) is 57.1 Å². The highest BCUT2D eigenvalue weighted by molar-refractivity contribution is 6.37. The molecule has 0 aromatic heterocycles. The summed E-state index contributed by atoms with van der Waals surface area (Å²) in [6, 6.07) is 8.28. The Labute approximate surface area is 168 Å². The summed E-state index contributed by atoms with van der Waals surface area (Å²) >= 11 is 12.6. The minimum Gasteiger partial charge on any atom is -0.487 e. The van der Waals surface area contributed by atoms with Gasteiger partial charge in [0.15, 0.2) is 11.5 Å². The molecule has 0 unspecified atom stereocenters. The number of halogens is 2. The fourth-order valence-electron chi connectivity index (χ4n) is 3.32. The van der Waals surface area contributed by atoms with Crippen molar-refractivity contribution < 1.29 is 14.3 Å². The van der Waals surface area contributed by atoms with Crippen molar-refractivity contribution in [2.45, 2.75) is 45.6 Å². The van der Waals surface area contributed by atoms with E-state index in [2.05, 4.69) is 5.32 Å². The number of Topliss-reactive ketones (excluding diaryl/α,β-unsaturated/α-hetero) is 1. The van der Waals surface area contributed by atoms with Crippen LogP contribution in [0.3, 0.4) is 0 Å². The van der Waals surface area contributed by atoms with Crippen LogP contribution in [0.2, 0.25) is 10.0 Å². The average Bonchev–Trinajstić information content (AvgIpc) is 3.10. The summed E-state index contributed by atoms with van der Waals surface area (Å²) < 4.78 is 5.91. The number of ketones is 1. The second-order valence-electron chi connectivity index (χ2n) is 6.83. The van der Waals surface area contributed by atoms with Crippen LogP contribution in [0.4, 0.5) is 5.69 Å². The number of amides is 1. The van der Waals surface area contributed by atoms with E-state index in [0.29, 0.717) is 32.6 Å². The molecule has 1 fully saturated rings. The Kier molecular flexibility index (Phi) is 6.08. The number of nitrogens with one attached hydrogen (secondary N) is 1. The summed E-state index contributed by atoms with van der Waals surface area (Å²) in [6.45, 7) is 3.34. The molecule has 0 atom stereocenters. The number of aryl methyl sites for hydroxylation is 1. The number of benzene rings is 2. The van der Waals surface area contributed by atoms with Gasteiger partial charge in [-0.1, -0.05) is 23.2 Å². The first kappa shape index (κ1) is 19.7. The SMILES string of the molecule is CC(=O)c1ccc(NC(=O)c2cc(Cl)c(OC3CCCC3)c(Cl)c2)cc1C. The van der Waals surface area contributed by atoms with Gasteiger partial charge in [-0.3, -0.25) is 9.59 Å². The van der Waals surface area contributed by atoms with Gasteiger partial charge in [0, 0.05) is 16.8 Å². The number of ether oxygens (including phenoxy) is 1. The number of carbonyl (C=O) groups is 2. The summed E-state index contributed by atoms with van der Waals surface area (Å²) in [5.74, 6) is 0.0893. The molecule has 0 spiro atoms.